The van der Waals surface area contributed by atoms with Gasteiger partial charge in [0.15, 0.2) is 0 Å². The molecule has 5 nitrogen and oxygen atoms in total. The first-order valence-electron chi connectivity index (χ1n) is 6.74. The lowest BCUT2D eigenvalue weighted by atomic mass is 9.78. The third kappa shape index (κ3) is 2.44. The molecule has 1 saturated heterocycles. The Bertz CT molecular complexity index is 352. The molecule has 2 atom stereocenters. The van der Waals surface area contributed by atoms with Crippen molar-refractivity contribution >= 4 is 12.0 Å². The normalized spacial score (nSPS) is 30.4. The van der Waals surface area contributed by atoms with Crippen molar-refractivity contribution in [2.45, 2.75) is 57.5 Å². The fraction of sp³-hybridized carbons (Fsp3) is 0.846. The molecule has 102 valence electrons. The van der Waals surface area contributed by atoms with Crippen molar-refractivity contribution in [2.24, 2.45) is 5.92 Å². The second-order valence-corrected chi connectivity index (χ2v) is 5.94. The van der Waals surface area contributed by atoms with Crippen molar-refractivity contribution in [3.05, 3.63) is 0 Å². The lowest BCUT2D eigenvalue weighted by Gasteiger charge is -2.43. The molecule has 1 saturated carbocycles. The molecule has 2 aliphatic rings. The molecule has 0 spiro atoms. The lowest BCUT2D eigenvalue weighted by Crippen LogP contribution is -2.60. The molecule has 2 unspecified atom stereocenters. The fourth-order valence-electron chi connectivity index (χ4n) is 2.95. The van der Waals surface area contributed by atoms with Crippen molar-refractivity contribution in [3.63, 3.8) is 0 Å². The minimum atomic E-state index is -0.892. The number of carboxylic acid groups (broad SMARTS) is 1. The topological polar surface area (TPSA) is 69.6 Å². The summed E-state index contributed by atoms with van der Waals surface area (Å²) in [7, 11) is 0. The van der Waals surface area contributed by atoms with Gasteiger partial charge in [0.2, 0.25) is 0 Å². The van der Waals surface area contributed by atoms with E-state index in [1.807, 2.05) is 13.8 Å². The van der Waals surface area contributed by atoms with Crippen molar-refractivity contribution in [1.29, 1.82) is 0 Å². The number of hydrogen-bond donors (Lipinski definition) is 2. The summed E-state index contributed by atoms with van der Waals surface area (Å²) in [6.07, 6.45) is 4.86. The molecule has 0 radical (unpaired) electrons. The summed E-state index contributed by atoms with van der Waals surface area (Å²) in [5.74, 6) is -0.868. The molecule has 0 aromatic rings. The first kappa shape index (κ1) is 13.2. The molecule has 0 bridgehead atoms. The summed E-state index contributed by atoms with van der Waals surface area (Å²) in [5.41, 5.74) is -0.124. The zero-order chi connectivity index (χ0) is 13.3. The predicted octanol–water partition coefficient (Wildman–Crippen LogP) is 1.82. The summed E-state index contributed by atoms with van der Waals surface area (Å²) >= 11 is 0. The molecule has 0 aromatic heterocycles. The highest BCUT2D eigenvalue weighted by molar-refractivity contribution is 5.83. The third-order valence-corrected chi connectivity index (χ3v) is 4.31. The molecule has 1 aliphatic carbocycles. The van der Waals surface area contributed by atoms with Crippen LogP contribution < -0.4 is 5.32 Å². The molecule has 2 rings (SSSR count). The predicted molar refractivity (Wildman–Crippen MR) is 67.3 cm³/mol. The third-order valence-electron chi connectivity index (χ3n) is 4.31. The Labute approximate surface area is 108 Å². The van der Waals surface area contributed by atoms with Crippen LogP contribution in [0.1, 0.15) is 46.0 Å². The first-order chi connectivity index (χ1) is 8.43. The van der Waals surface area contributed by atoms with Crippen LogP contribution >= 0.6 is 0 Å². The second kappa shape index (κ2) is 4.78. The van der Waals surface area contributed by atoms with Gasteiger partial charge in [0.05, 0.1) is 0 Å². The van der Waals surface area contributed by atoms with Gasteiger partial charge >= 0.3 is 12.0 Å². The number of piperidine rings is 1. The molecule has 0 aromatic carbocycles. The number of aliphatic carboxylic acids is 1. The number of nitrogens with zero attached hydrogens (tertiary/aromatic N) is 1. The Hall–Kier alpha value is -1.26. The van der Waals surface area contributed by atoms with Crippen LogP contribution in [0.2, 0.25) is 0 Å². The quantitative estimate of drug-likeness (QED) is 0.789. The van der Waals surface area contributed by atoms with Crippen LogP contribution in [0, 0.1) is 5.92 Å². The van der Waals surface area contributed by atoms with E-state index in [0.29, 0.717) is 6.54 Å². The molecule has 18 heavy (non-hydrogen) atoms. The van der Waals surface area contributed by atoms with Gasteiger partial charge in [-0.15, -0.1) is 0 Å². The van der Waals surface area contributed by atoms with Gasteiger partial charge in [-0.1, -0.05) is 6.92 Å². The number of amides is 2. The highest BCUT2D eigenvalue weighted by Crippen LogP contribution is 2.32. The average Bonchev–Trinajstić information content (AvgIpc) is 2.25. The molecule has 2 fully saturated rings. The highest BCUT2D eigenvalue weighted by atomic mass is 16.4. The van der Waals surface area contributed by atoms with Gasteiger partial charge in [-0.25, -0.2) is 9.59 Å². The molecular weight excluding hydrogens is 232 g/mol. The molecule has 1 aliphatic heterocycles. The van der Waals surface area contributed by atoms with Crippen LogP contribution in [0.25, 0.3) is 0 Å². The fourth-order valence-corrected chi connectivity index (χ4v) is 2.95. The van der Waals surface area contributed by atoms with E-state index in [2.05, 4.69) is 5.32 Å². The maximum absolute atomic E-state index is 12.2. The van der Waals surface area contributed by atoms with Gasteiger partial charge in [0.1, 0.15) is 6.04 Å². The van der Waals surface area contributed by atoms with Gasteiger partial charge in [0.25, 0.3) is 0 Å². The molecule has 2 N–H and O–H groups in total. The van der Waals surface area contributed by atoms with E-state index in [0.717, 1.165) is 32.1 Å². The maximum atomic E-state index is 12.2. The SMILES string of the molecule is CC1CCCN(C(=O)NC2(C)CCC2)C1C(=O)O. The van der Waals surface area contributed by atoms with E-state index in [1.54, 1.807) is 0 Å². The second-order valence-electron chi connectivity index (χ2n) is 5.94. The Kier molecular flexibility index (Phi) is 3.50. The van der Waals surface area contributed by atoms with Crippen LogP contribution in [-0.2, 0) is 4.79 Å². The smallest absolute Gasteiger partial charge is 0.326 e. The number of carbonyl (C=O) groups excluding carboxylic acids is 1. The first-order valence-corrected chi connectivity index (χ1v) is 6.74. The van der Waals surface area contributed by atoms with Crippen LogP contribution in [0.4, 0.5) is 4.79 Å². The van der Waals surface area contributed by atoms with Crippen molar-refractivity contribution in [2.75, 3.05) is 6.54 Å². The zero-order valence-corrected chi connectivity index (χ0v) is 11.1. The highest BCUT2D eigenvalue weighted by Gasteiger charge is 2.40. The van der Waals surface area contributed by atoms with Crippen molar-refractivity contribution in [1.82, 2.24) is 10.2 Å². The van der Waals surface area contributed by atoms with Crippen molar-refractivity contribution < 1.29 is 14.7 Å². The zero-order valence-electron chi connectivity index (χ0n) is 11.1. The van der Waals surface area contributed by atoms with Gasteiger partial charge in [-0.05, 0) is 44.9 Å². The Balaban J connectivity index is 2.04. The number of carbonyl (C=O) groups is 2. The Morgan fingerprint density at radius 1 is 1.33 bits per heavy atom. The number of urea groups is 1. The van der Waals surface area contributed by atoms with Crippen LogP contribution in [-0.4, -0.2) is 40.1 Å². The number of likely N-dealkylation sites (tertiary alicyclic amines) is 1. The van der Waals surface area contributed by atoms with Gasteiger partial charge < -0.3 is 15.3 Å². The van der Waals surface area contributed by atoms with Crippen LogP contribution in [0.5, 0.6) is 0 Å². The molecule has 5 heteroatoms. The molecular formula is C13H22N2O3. The van der Waals surface area contributed by atoms with E-state index in [-0.39, 0.29) is 17.5 Å². The minimum Gasteiger partial charge on any atom is -0.480 e. The standard InChI is InChI=1S/C13H22N2O3/c1-9-5-3-8-15(10(9)11(16)17)12(18)14-13(2)6-4-7-13/h9-10H,3-8H2,1-2H3,(H,14,18)(H,16,17). The maximum Gasteiger partial charge on any atom is 0.326 e. The largest absolute Gasteiger partial charge is 0.480 e. The van der Waals surface area contributed by atoms with E-state index in [9.17, 15) is 14.7 Å². The number of hydrogen-bond acceptors (Lipinski definition) is 2. The average molecular weight is 254 g/mol. The summed E-state index contributed by atoms with van der Waals surface area (Å²) in [5, 5.41) is 12.3. The number of nitrogens with one attached hydrogen (secondary N) is 1. The van der Waals surface area contributed by atoms with E-state index < -0.39 is 12.0 Å². The summed E-state index contributed by atoms with van der Waals surface area (Å²) in [6.45, 7) is 4.48. The summed E-state index contributed by atoms with van der Waals surface area (Å²) in [4.78, 5) is 25.0. The number of rotatable bonds is 2. The monoisotopic (exact) mass is 254 g/mol. The lowest BCUT2D eigenvalue weighted by molar-refractivity contribution is -0.145. The summed E-state index contributed by atoms with van der Waals surface area (Å²) < 4.78 is 0. The Morgan fingerprint density at radius 2 is 2.00 bits per heavy atom. The Morgan fingerprint density at radius 3 is 2.50 bits per heavy atom. The van der Waals surface area contributed by atoms with Crippen molar-refractivity contribution in [3.8, 4) is 0 Å². The molecule has 2 amide bonds. The van der Waals surface area contributed by atoms with Gasteiger partial charge in [-0.3, -0.25) is 0 Å². The van der Waals surface area contributed by atoms with E-state index in [4.69, 9.17) is 0 Å². The number of carboxylic acids is 1. The van der Waals surface area contributed by atoms with E-state index in [1.165, 1.54) is 4.90 Å². The minimum absolute atomic E-state index is 0.0243. The molecule has 1 heterocycles. The van der Waals surface area contributed by atoms with E-state index >= 15 is 0 Å². The van der Waals surface area contributed by atoms with Gasteiger partial charge in [0, 0.05) is 12.1 Å². The van der Waals surface area contributed by atoms with Crippen LogP contribution in [0.15, 0.2) is 0 Å². The van der Waals surface area contributed by atoms with Crippen LogP contribution in [0.3, 0.4) is 0 Å². The van der Waals surface area contributed by atoms with Gasteiger partial charge in [-0.2, -0.15) is 0 Å². The summed E-state index contributed by atoms with van der Waals surface area (Å²) in [6, 6.07) is -0.890.